The van der Waals surface area contributed by atoms with E-state index in [0.717, 1.165) is 0 Å². The molecule has 0 saturated carbocycles. The Balaban J connectivity index is 2.72. The van der Waals surface area contributed by atoms with E-state index in [1.165, 1.54) is 24.3 Å². The van der Waals surface area contributed by atoms with Gasteiger partial charge in [-0.2, -0.15) is 0 Å². The van der Waals surface area contributed by atoms with Crippen LogP contribution in [0, 0.1) is 5.82 Å². The van der Waals surface area contributed by atoms with Gasteiger partial charge in [0.15, 0.2) is 0 Å². The van der Waals surface area contributed by atoms with Crippen LogP contribution in [-0.4, -0.2) is 16.0 Å². The molecule has 0 amide bonds. The van der Waals surface area contributed by atoms with Crippen molar-refractivity contribution in [3.05, 3.63) is 30.1 Å². The van der Waals surface area contributed by atoms with Gasteiger partial charge in [0.25, 0.3) is 0 Å². The van der Waals surface area contributed by atoms with Crippen LogP contribution < -0.4 is 5.73 Å². The number of benzene rings is 1. The Labute approximate surface area is 79.4 Å². The molecule has 0 heterocycles. The minimum Gasteiger partial charge on any atom is -0.327 e. The van der Waals surface area contributed by atoms with E-state index in [0.29, 0.717) is 10.6 Å². The summed E-state index contributed by atoms with van der Waals surface area (Å²) in [5, 5.41) is 0. The summed E-state index contributed by atoms with van der Waals surface area (Å²) in [6.07, 6.45) is 0. The molecule has 4 heteroatoms. The predicted octanol–water partition coefficient (Wildman–Crippen LogP) is 1.28. The fourth-order valence-electron chi connectivity index (χ4n) is 0.921. The van der Waals surface area contributed by atoms with Gasteiger partial charge in [-0.25, -0.2) is 4.39 Å². The summed E-state index contributed by atoms with van der Waals surface area (Å²) >= 11 is 0. The monoisotopic (exact) mass is 201 g/mol. The molecule has 2 unspecified atom stereocenters. The molecule has 0 aliphatic carbocycles. The molecular weight excluding hydrogens is 189 g/mol. The molecule has 2 N–H and O–H groups in total. The van der Waals surface area contributed by atoms with E-state index in [1.54, 1.807) is 6.92 Å². The first-order valence-electron chi connectivity index (χ1n) is 3.99. The highest BCUT2D eigenvalue weighted by Gasteiger charge is 2.05. The van der Waals surface area contributed by atoms with Gasteiger partial charge in [0.2, 0.25) is 0 Å². The maximum absolute atomic E-state index is 12.5. The normalized spacial score (nSPS) is 15.3. The van der Waals surface area contributed by atoms with Crippen LogP contribution in [0.2, 0.25) is 0 Å². The molecule has 0 aromatic heterocycles. The van der Waals surface area contributed by atoms with E-state index in [1.807, 2.05) is 0 Å². The summed E-state index contributed by atoms with van der Waals surface area (Å²) in [6.45, 7) is 1.79. The molecule has 0 aliphatic heterocycles. The van der Waals surface area contributed by atoms with Gasteiger partial charge in [-0.15, -0.1) is 0 Å². The van der Waals surface area contributed by atoms with Crippen molar-refractivity contribution in [2.75, 3.05) is 5.75 Å². The van der Waals surface area contributed by atoms with Gasteiger partial charge in [0.05, 0.1) is 10.8 Å². The molecule has 0 bridgehead atoms. The summed E-state index contributed by atoms with van der Waals surface area (Å²) in [5.74, 6) is 0.0904. The largest absolute Gasteiger partial charge is 0.327 e. The minimum absolute atomic E-state index is 0.106. The molecule has 0 saturated heterocycles. The van der Waals surface area contributed by atoms with Crippen molar-refractivity contribution in [1.29, 1.82) is 0 Å². The molecule has 2 nitrogen and oxygen atoms in total. The molecule has 13 heavy (non-hydrogen) atoms. The highest BCUT2D eigenvalue weighted by atomic mass is 32.2. The zero-order chi connectivity index (χ0) is 9.84. The lowest BCUT2D eigenvalue weighted by Crippen LogP contribution is -2.22. The van der Waals surface area contributed by atoms with Crippen LogP contribution in [0.4, 0.5) is 4.39 Å². The quantitative estimate of drug-likeness (QED) is 0.800. The van der Waals surface area contributed by atoms with Crippen molar-refractivity contribution in [2.45, 2.75) is 17.9 Å². The van der Waals surface area contributed by atoms with E-state index in [-0.39, 0.29) is 11.9 Å². The summed E-state index contributed by atoms with van der Waals surface area (Å²) in [4.78, 5) is 0.624. The average molecular weight is 201 g/mol. The Morgan fingerprint density at radius 1 is 1.46 bits per heavy atom. The summed E-state index contributed by atoms with van der Waals surface area (Å²) < 4.78 is 24.0. The van der Waals surface area contributed by atoms with Crippen LogP contribution >= 0.6 is 0 Å². The third kappa shape index (κ3) is 3.24. The first-order chi connectivity index (χ1) is 6.09. The van der Waals surface area contributed by atoms with Crippen molar-refractivity contribution in [2.24, 2.45) is 5.73 Å². The Kier molecular flexibility index (Phi) is 3.57. The molecule has 1 aromatic carbocycles. The Morgan fingerprint density at radius 3 is 2.46 bits per heavy atom. The summed E-state index contributed by atoms with van der Waals surface area (Å²) in [7, 11) is -1.11. The van der Waals surface area contributed by atoms with Crippen LogP contribution in [0.1, 0.15) is 6.92 Å². The number of halogens is 1. The summed E-state index contributed by atoms with van der Waals surface area (Å²) in [6, 6.07) is 5.54. The van der Waals surface area contributed by atoms with Gasteiger partial charge in [0, 0.05) is 16.7 Å². The van der Waals surface area contributed by atoms with Gasteiger partial charge in [-0.3, -0.25) is 4.21 Å². The van der Waals surface area contributed by atoms with Crippen LogP contribution in [-0.2, 0) is 10.8 Å². The van der Waals surface area contributed by atoms with Crippen LogP contribution in [0.5, 0.6) is 0 Å². The lowest BCUT2D eigenvalue weighted by molar-refractivity contribution is 0.626. The van der Waals surface area contributed by atoms with Crippen LogP contribution in [0.3, 0.4) is 0 Å². The van der Waals surface area contributed by atoms with E-state index in [4.69, 9.17) is 5.73 Å². The first-order valence-corrected chi connectivity index (χ1v) is 5.31. The molecule has 0 aliphatic rings. The topological polar surface area (TPSA) is 43.1 Å². The molecule has 0 fully saturated rings. The molecule has 0 radical (unpaired) electrons. The molecule has 1 aromatic rings. The van der Waals surface area contributed by atoms with Crippen molar-refractivity contribution in [3.63, 3.8) is 0 Å². The zero-order valence-corrected chi connectivity index (χ0v) is 8.18. The second kappa shape index (κ2) is 4.48. The van der Waals surface area contributed by atoms with E-state index < -0.39 is 10.8 Å². The van der Waals surface area contributed by atoms with E-state index >= 15 is 0 Å². The Morgan fingerprint density at radius 2 is 2.00 bits per heavy atom. The van der Waals surface area contributed by atoms with E-state index in [2.05, 4.69) is 0 Å². The second-order valence-corrected chi connectivity index (χ2v) is 4.44. The van der Waals surface area contributed by atoms with Gasteiger partial charge in [0.1, 0.15) is 5.82 Å². The number of rotatable bonds is 3. The van der Waals surface area contributed by atoms with Crippen LogP contribution in [0.15, 0.2) is 29.2 Å². The highest BCUT2D eigenvalue weighted by Crippen LogP contribution is 2.08. The summed E-state index contributed by atoms with van der Waals surface area (Å²) in [5.41, 5.74) is 5.49. The maximum Gasteiger partial charge on any atom is 0.123 e. The van der Waals surface area contributed by atoms with Gasteiger partial charge >= 0.3 is 0 Å². The fraction of sp³-hybridized carbons (Fsp3) is 0.333. The molecule has 2 atom stereocenters. The fourth-order valence-corrected chi connectivity index (χ4v) is 2.03. The Hall–Kier alpha value is -0.740. The molecular formula is C9H12FNOS. The minimum atomic E-state index is -1.11. The second-order valence-electron chi connectivity index (χ2n) is 2.94. The van der Waals surface area contributed by atoms with Crippen molar-refractivity contribution in [3.8, 4) is 0 Å². The van der Waals surface area contributed by atoms with Gasteiger partial charge < -0.3 is 5.73 Å². The standard InChI is InChI=1S/C9H12FNOS/c1-7(11)6-13(12)9-4-2-8(10)3-5-9/h2-5,7H,6,11H2,1H3. The number of hydrogen-bond acceptors (Lipinski definition) is 2. The van der Waals surface area contributed by atoms with Gasteiger partial charge in [-0.1, -0.05) is 0 Å². The van der Waals surface area contributed by atoms with Crippen molar-refractivity contribution >= 4 is 10.8 Å². The van der Waals surface area contributed by atoms with Crippen LogP contribution in [0.25, 0.3) is 0 Å². The van der Waals surface area contributed by atoms with Crippen molar-refractivity contribution in [1.82, 2.24) is 0 Å². The Bertz CT molecular complexity index is 297. The van der Waals surface area contributed by atoms with Gasteiger partial charge in [-0.05, 0) is 31.2 Å². The number of nitrogens with two attached hydrogens (primary N) is 1. The predicted molar refractivity (Wildman–Crippen MR) is 51.3 cm³/mol. The smallest absolute Gasteiger partial charge is 0.123 e. The molecule has 72 valence electrons. The SMILES string of the molecule is CC(N)CS(=O)c1ccc(F)cc1. The number of hydrogen-bond donors (Lipinski definition) is 1. The molecule has 1 rings (SSSR count). The zero-order valence-electron chi connectivity index (χ0n) is 7.37. The third-order valence-corrected chi connectivity index (χ3v) is 3.12. The van der Waals surface area contributed by atoms with E-state index in [9.17, 15) is 8.60 Å². The lowest BCUT2D eigenvalue weighted by atomic mass is 10.4. The average Bonchev–Trinajstić information content (AvgIpc) is 2.04. The van der Waals surface area contributed by atoms with Crippen molar-refractivity contribution < 1.29 is 8.60 Å². The highest BCUT2D eigenvalue weighted by molar-refractivity contribution is 7.85. The lowest BCUT2D eigenvalue weighted by Gasteiger charge is -2.04. The maximum atomic E-state index is 12.5. The first kappa shape index (κ1) is 10.3. The third-order valence-electron chi connectivity index (χ3n) is 1.49. The molecule has 0 spiro atoms.